The third-order valence-corrected chi connectivity index (χ3v) is 4.25. The van der Waals surface area contributed by atoms with Gasteiger partial charge in [-0.05, 0) is 52.7 Å². The zero-order valence-corrected chi connectivity index (χ0v) is 17.6. The lowest BCUT2D eigenvalue weighted by Gasteiger charge is -2.11. The lowest BCUT2D eigenvalue weighted by molar-refractivity contribution is -0.124. The Morgan fingerprint density at radius 2 is 1.93 bits per heavy atom. The van der Waals surface area contributed by atoms with Crippen molar-refractivity contribution >= 4 is 39.6 Å². The Morgan fingerprint density at radius 3 is 2.62 bits per heavy atom. The average molecular weight is 466 g/mol. The van der Waals surface area contributed by atoms with Gasteiger partial charge in [-0.1, -0.05) is 12.1 Å². The second-order valence-electron chi connectivity index (χ2n) is 5.79. The monoisotopic (exact) mass is 465 g/mol. The first-order chi connectivity index (χ1) is 13.9. The smallest absolute Gasteiger partial charge is 0.240 e. The maximum Gasteiger partial charge on any atom is 0.240 e. The van der Waals surface area contributed by atoms with Crippen molar-refractivity contribution in [3.63, 3.8) is 0 Å². The molecule has 0 spiro atoms. The van der Waals surface area contributed by atoms with Crippen LogP contribution in [0.3, 0.4) is 0 Å². The number of para-hydroxylation sites is 1. The summed E-state index contributed by atoms with van der Waals surface area (Å²) in [5, 5.41) is 6.30. The minimum atomic E-state index is -0.535. The van der Waals surface area contributed by atoms with Crippen LogP contribution in [0.4, 0.5) is 10.1 Å². The predicted octanol–water partition coefficient (Wildman–Crippen LogP) is 3.86. The Morgan fingerprint density at radius 1 is 1.21 bits per heavy atom. The molecule has 0 unspecified atom stereocenters. The van der Waals surface area contributed by atoms with Gasteiger partial charge in [0.1, 0.15) is 5.82 Å². The summed E-state index contributed by atoms with van der Waals surface area (Å²) in [5.41, 5.74) is 3.10. The van der Waals surface area contributed by atoms with Crippen molar-refractivity contribution in [2.45, 2.75) is 19.8 Å². The molecule has 0 saturated carbocycles. The molecule has 2 amide bonds. The number of carbonyl (C=O) groups excluding carboxylic acids is 2. The zero-order chi connectivity index (χ0) is 21.2. The van der Waals surface area contributed by atoms with E-state index >= 15 is 0 Å². The molecular weight excluding hydrogens is 445 g/mol. The van der Waals surface area contributed by atoms with Crippen LogP contribution in [0.25, 0.3) is 0 Å². The van der Waals surface area contributed by atoms with Gasteiger partial charge in [-0.3, -0.25) is 9.59 Å². The quantitative estimate of drug-likeness (QED) is 0.434. The van der Waals surface area contributed by atoms with E-state index in [4.69, 9.17) is 9.47 Å². The summed E-state index contributed by atoms with van der Waals surface area (Å²) in [7, 11) is 1.54. The Labute approximate surface area is 176 Å². The largest absolute Gasteiger partial charge is 0.492 e. The summed E-state index contributed by atoms with van der Waals surface area (Å²) >= 11 is 3.40. The number of amides is 2. The van der Waals surface area contributed by atoms with E-state index in [1.54, 1.807) is 25.3 Å². The van der Waals surface area contributed by atoms with E-state index in [-0.39, 0.29) is 18.5 Å². The number of carbonyl (C=O) groups is 2. The highest BCUT2D eigenvalue weighted by Gasteiger charge is 2.11. The fourth-order valence-electron chi connectivity index (χ4n) is 2.36. The SMILES string of the molecule is CCOc1cc(C=NNC(=O)CCC(=O)Nc2ccccc2F)cc(Br)c1OC. The number of hydrogen-bond acceptors (Lipinski definition) is 5. The van der Waals surface area contributed by atoms with Gasteiger partial charge in [0, 0.05) is 12.8 Å². The fraction of sp³-hybridized carbons (Fsp3) is 0.250. The van der Waals surface area contributed by atoms with Crippen LogP contribution in [0.2, 0.25) is 0 Å². The van der Waals surface area contributed by atoms with E-state index in [0.29, 0.717) is 28.1 Å². The highest BCUT2D eigenvalue weighted by Crippen LogP contribution is 2.36. The number of hydrazone groups is 1. The van der Waals surface area contributed by atoms with Crippen molar-refractivity contribution in [2.24, 2.45) is 5.10 Å². The molecule has 0 atom stereocenters. The summed E-state index contributed by atoms with van der Waals surface area (Å²) in [6, 6.07) is 9.31. The molecule has 0 fully saturated rings. The van der Waals surface area contributed by atoms with Crippen LogP contribution in [0.5, 0.6) is 11.5 Å². The van der Waals surface area contributed by atoms with E-state index in [1.807, 2.05) is 6.92 Å². The van der Waals surface area contributed by atoms with Crippen molar-refractivity contribution in [2.75, 3.05) is 19.0 Å². The van der Waals surface area contributed by atoms with Gasteiger partial charge in [-0.25, -0.2) is 9.82 Å². The average Bonchev–Trinajstić information content (AvgIpc) is 2.68. The van der Waals surface area contributed by atoms with E-state index in [2.05, 4.69) is 31.8 Å². The van der Waals surface area contributed by atoms with Gasteiger partial charge in [-0.2, -0.15) is 5.10 Å². The number of benzene rings is 2. The van der Waals surface area contributed by atoms with Gasteiger partial charge in [0.05, 0.1) is 30.1 Å². The first-order valence-electron chi connectivity index (χ1n) is 8.81. The Hall–Kier alpha value is -2.94. The molecule has 0 saturated heterocycles. The number of rotatable bonds is 9. The number of halogens is 2. The fourth-order valence-corrected chi connectivity index (χ4v) is 2.98. The molecule has 0 bridgehead atoms. The highest BCUT2D eigenvalue weighted by molar-refractivity contribution is 9.10. The number of nitrogens with zero attached hydrogens (tertiary/aromatic N) is 1. The van der Waals surface area contributed by atoms with Crippen molar-refractivity contribution in [3.8, 4) is 11.5 Å². The van der Waals surface area contributed by atoms with E-state index < -0.39 is 17.6 Å². The number of methoxy groups -OCH3 is 1. The third-order valence-electron chi connectivity index (χ3n) is 3.67. The lowest BCUT2D eigenvalue weighted by Crippen LogP contribution is -2.21. The van der Waals surface area contributed by atoms with Crippen LogP contribution >= 0.6 is 15.9 Å². The predicted molar refractivity (Wildman–Crippen MR) is 112 cm³/mol. The number of nitrogens with one attached hydrogen (secondary N) is 2. The minimum Gasteiger partial charge on any atom is -0.492 e. The number of hydrogen-bond donors (Lipinski definition) is 2. The zero-order valence-electron chi connectivity index (χ0n) is 16.0. The Bertz CT molecular complexity index is 905. The van der Waals surface area contributed by atoms with Gasteiger partial charge in [0.2, 0.25) is 11.8 Å². The van der Waals surface area contributed by atoms with Crippen LogP contribution in [-0.4, -0.2) is 31.7 Å². The molecule has 0 aliphatic heterocycles. The third kappa shape index (κ3) is 6.86. The Kier molecular flexibility index (Phi) is 8.60. The highest BCUT2D eigenvalue weighted by atomic mass is 79.9. The summed E-state index contributed by atoms with van der Waals surface area (Å²) in [5.74, 6) is -0.333. The number of ether oxygens (including phenoxy) is 2. The molecule has 2 rings (SSSR count). The lowest BCUT2D eigenvalue weighted by atomic mass is 10.2. The normalized spacial score (nSPS) is 10.6. The minimum absolute atomic E-state index is 0.0751. The molecule has 2 aromatic rings. The van der Waals surface area contributed by atoms with Crippen LogP contribution in [-0.2, 0) is 9.59 Å². The van der Waals surface area contributed by atoms with Crippen molar-refractivity contribution in [1.29, 1.82) is 0 Å². The van der Waals surface area contributed by atoms with Crippen LogP contribution in [0.1, 0.15) is 25.3 Å². The molecule has 7 nitrogen and oxygen atoms in total. The topological polar surface area (TPSA) is 89.0 Å². The van der Waals surface area contributed by atoms with Crippen LogP contribution in [0, 0.1) is 5.82 Å². The van der Waals surface area contributed by atoms with Gasteiger partial charge in [-0.15, -0.1) is 0 Å². The van der Waals surface area contributed by atoms with Gasteiger partial charge in [0.15, 0.2) is 11.5 Å². The molecule has 9 heteroatoms. The summed E-state index contributed by atoms with van der Waals surface area (Å²) < 4.78 is 25.0. The molecule has 0 aliphatic rings. The molecule has 0 radical (unpaired) electrons. The Balaban J connectivity index is 1.86. The molecular formula is C20H21BrFN3O4. The molecule has 154 valence electrons. The van der Waals surface area contributed by atoms with Gasteiger partial charge >= 0.3 is 0 Å². The molecule has 0 heterocycles. The number of anilines is 1. The molecule has 2 aromatic carbocycles. The maximum atomic E-state index is 13.5. The maximum absolute atomic E-state index is 13.5. The second kappa shape index (κ2) is 11.2. The van der Waals surface area contributed by atoms with Crippen molar-refractivity contribution in [3.05, 3.63) is 52.3 Å². The summed E-state index contributed by atoms with van der Waals surface area (Å²) in [6.45, 7) is 2.33. The molecule has 29 heavy (non-hydrogen) atoms. The van der Waals surface area contributed by atoms with E-state index in [1.165, 1.54) is 24.4 Å². The first-order valence-corrected chi connectivity index (χ1v) is 9.60. The van der Waals surface area contributed by atoms with E-state index in [9.17, 15) is 14.0 Å². The van der Waals surface area contributed by atoms with Crippen LogP contribution in [0.15, 0.2) is 46.0 Å². The summed E-state index contributed by atoms with van der Waals surface area (Å²) in [4.78, 5) is 23.7. The van der Waals surface area contributed by atoms with Gasteiger partial charge in [0.25, 0.3) is 0 Å². The van der Waals surface area contributed by atoms with Gasteiger partial charge < -0.3 is 14.8 Å². The molecule has 0 aliphatic carbocycles. The summed E-state index contributed by atoms with van der Waals surface area (Å²) in [6.07, 6.45) is 1.26. The molecule has 0 aromatic heterocycles. The van der Waals surface area contributed by atoms with Crippen LogP contribution < -0.4 is 20.2 Å². The van der Waals surface area contributed by atoms with Crippen molar-refractivity contribution in [1.82, 2.24) is 5.43 Å². The van der Waals surface area contributed by atoms with E-state index in [0.717, 1.165) is 0 Å². The first kappa shape index (κ1) is 22.4. The standard InChI is InChI=1S/C20H21BrFN3O4/c1-3-29-17-11-13(10-14(21)20(17)28-2)12-23-25-19(27)9-8-18(26)24-16-7-5-4-6-15(16)22/h4-7,10-12H,3,8-9H2,1-2H3,(H,24,26)(H,25,27). The molecule has 2 N–H and O–H groups in total. The second-order valence-corrected chi connectivity index (χ2v) is 6.64. The van der Waals surface area contributed by atoms with Crippen molar-refractivity contribution < 1.29 is 23.5 Å².